The van der Waals surface area contributed by atoms with Crippen molar-refractivity contribution in [3.63, 3.8) is 0 Å². The zero-order chi connectivity index (χ0) is 8.99. The number of hydrogen-bond donors (Lipinski definition) is 1. The first-order valence-corrected chi connectivity index (χ1v) is 1.64. The molecule has 0 rings (SSSR count). The van der Waals surface area contributed by atoms with Crippen LogP contribution >= 0.6 is 0 Å². The standard InChI is InChI=1S/C2H4O2.2NO2.H3N.Pt/c1-2(3)4;2*2-1-3;;/h1H3,(H,3,4);;;1H3;/p-1. The van der Waals surface area contributed by atoms with Crippen molar-refractivity contribution in [3.05, 3.63) is 9.81 Å². The van der Waals surface area contributed by atoms with E-state index in [-0.39, 0.29) is 27.2 Å². The second kappa shape index (κ2) is 51.4. The fraction of sp³-hybridized carbons (Fsp3) is 0.500. The van der Waals surface area contributed by atoms with Gasteiger partial charge in [0.2, 0.25) is 10.7 Å². The van der Waals surface area contributed by atoms with Gasteiger partial charge in [0.25, 0.3) is 0 Å². The Morgan fingerprint density at radius 1 is 1.17 bits per heavy atom. The predicted molar refractivity (Wildman–Crippen MR) is 28.7 cm³/mol. The molecule has 3 N–H and O–H groups in total. The van der Waals surface area contributed by atoms with E-state index in [1.54, 1.807) is 0 Å². The van der Waals surface area contributed by atoms with Gasteiger partial charge in [-0.15, -0.1) is 20.2 Å². The molecule has 0 bridgehead atoms. The Bertz CT molecular complexity index is 88.8. The molecule has 0 aromatic heterocycles. The van der Waals surface area contributed by atoms with E-state index in [0.717, 1.165) is 17.6 Å². The molecular formula is C2H6N3O6Pt-. The molecule has 0 aliphatic heterocycles. The van der Waals surface area contributed by atoms with E-state index in [2.05, 4.69) is 0 Å². The molecule has 76 valence electrons. The van der Waals surface area contributed by atoms with E-state index < -0.39 is 5.97 Å². The van der Waals surface area contributed by atoms with Gasteiger partial charge in [-0.1, -0.05) is 0 Å². The van der Waals surface area contributed by atoms with Crippen molar-refractivity contribution in [2.24, 2.45) is 10.7 Å². The van der Waals surface area contributed by atoms with E-state index in [9.17, 15) is 0 Å². The van der Waals surface area contributed by atoms with Crippen molar-refractivity contribution in [3.8, 4) is 0 Å². The van der Waals surface area contributed by atoms with Crippen molar-refractivity contribution in [2.45, 2.75) is 6.92 Å². The van der Waals surface area contributed by atoms with Gasteiger partial charge in [0.1, 0.15) is 0 Å². The van der Waals surface area contributed by atoms with Gasteiger partial charge in [-0.25, -0.2) is 0 Å². The Morgan fingerprint density at radius 2 is 1.17 bits per heavy atom. The largest absolute Gasteiger partial charge is 0.550 e. The summed E-state index contributed by atoms with van der Waals surface area (Å²) in [6.07, 6.45) is 0. The minimum absolute atomic E-state index is 0. The van der Waals surface area contributed by atoms with Crippen LogP contribution in [0.2, 0.25) is 0 Å². The van der Waals surface area contributed by atoms with Crippen molar-refractivity contribution in [2.75, 3.05) is 0 Å². The summed E-state index contributed by atoms with van der Waals surface area (Å²) in [6, 6.07) is 0. The number of carbonyl (C=O) groups is 1. The van der Waals surface area contributed by atoms with E-state index in [1.165, 1.54) is 0 Å². The molecule has 0 unspecified atom stereocenters. The van der Waals surface area contributed by atoms with E-state index in [0.29, 0.717) is 0 Å². The van der Waals surface area contributed by atoms with Crippen molar-refractivity contribution >= 4 is 5.97 Å². The molecule has 0 saturated heterocycles. The number of carbonyl (C=O) groups excluding carboxylic acids is 1. The van der Waals surface area contributed by atoms with Gasteiger partial charge in [-0.3, -0.25) is 0 Å². The topological polar surface area (TPSA) is 174 Å². The summed E-state index contributed by atoms with van der Waals surface area (Å²) < 4.78 is 0. The molecule has 0 heterocycles. The smallest absolute Gasteiger partial charge is 0.204 e. The third-order valence-corrected chi connectivity index (χ3v) is 0. The van der Waals surface area contributed by atoms with Crippen LogP contribution in [0.25, 0.3) is 0 Å². The second-order valence-electron chi connectivity index (χ2n) is 0.641. The molecule has 0 aromatic rings. The SMILES string of the molecule is CC(=O)[O-].N.[O]N=O.[O]N=O.[Pt]. The van der Waals surface area contributed by atoms with Gasteiger partial charge in [0.05, 0.1) is 0 Å². The third-order valence-electron chi connectivity index (χ3n) is 0. The number of carboxylic acids is 1. The minimum Gasteiger partial charge on any atom is -0.550 e. The summed E-state index contributed by atoms with van der Waals surface area (Å²) in [6.45, 7) is 0.972. The molecule has 0 aromatic carbocycles. The average molecular weight is 363 g/mol. The summed E-state index contributed by atoms with van der Waals surface area (Å²) in [5.41, 5.74) is 0. The molecule has 0 fully saturated rings. The van der Waals surface area contributed by atoms with E-state index >= 15 is 0 Å². The first-order valence-electron chi connectivity index (χ1n) is 1.64. The van der Waals surface area contributed by atoms with Gasteiger partial charge >= 0.3 is 0 Å². The molecule has 9 nitrogen and oxygen atoms in total. The van der Waals surface area contributed by atoms with Crippen LogP contribution in [0.3, 0.4) is 0 Å². The minimum atomic E-state index is -1.08. The van der Waals surface area contributed by atoms with Crippen LogP contribution < -0.4 is 11.3 Å². The maximum atomic E-state index is 8.89. The fourth-order valence-electron chi connectivity index (χ4n) is 0. The van der Waals surface area contributed by atoms with Crippen LogP contribution in [0.5, 0.6) is 0 Å². The van der Waals surface area contributed by atoms with Crippen LogP contribution in [-0.4, -0.2) is 5.97 Å². The second-order valence-corrected chi connectivity index (χ2v) is 0.641. The Balaban J connectivity index is -0.0000000191. The quantitative estimate of drug-likeness (QED) is 0.433. The summed E-state index contributed by atoms with van der Waals surface area (Å²) in [5.74, 6) is -1.08. The van der Waals surface area contributed by atoms with Crippen LogP contribution in [0.15, 0.2) is 10.7 Å². The predicted octanol–water partition coefficient (Wildman–Crippen LogP) is -0.888. The first-order chi connectivity index (χ1) is 4.56. The number of carboxylic acid groups (broad SMARTS) is 1. The normalized spacial score (nSPS) is 4.08. The molecule has 10 heteroatoms. The Labute approximate surface area is 81.5 Å². The summed E-state index contributed by atoms with van der Waals surface area (Å²) in [7, 11) is 0. The van der Waals surface area contributed by atoms with Crippen LogP contribution in [0.1, 0.15) is 6.92 Å². The van der Waals surface area contributed by atoms with Gasteiger partial charge in [-0.05, 0) is 6.92 Å². The van der Waals surface area contributed by atoms with Gasteiger partial charge < -0.3 is 16.1 Å². The number of hydrogen-bond acceptors (Lipinski definition) is 7. The van der Waals surface area contributed by atoms with E-state index in [4.69, 9.17) is 30.1 Å². The molecular weight excluding hydrogens is 357 g/mol. The van der Waals surface area contributed by atoms with Gasteiger partial charge in [0.15, 0.2) is 0 Å². The molecule has 0 amide bonds. The summed E-state index contributed by atoms with van der Waals surface area (Å²) in [4.78, 5) is 24.9. The summed E-state index contributed by atoms with van der Waals surface area (Å²) >= 11 is 0. The van der Waals surface area contributed by atoms with Crippen molar-refractivity contribution < 1.29 is 41.4 Å². The molecule has 0 spiro atoms. The molecule has 0 saturated carbocycles. The monoisotopic (exact) mass is 363 g/mol. The number of aliphatic carboxylic acids is 1. The van der Waals surface area contributed by atoms with Crippen molar-refractivity contribution in [1.82, 2.24) is 6.15 Å². The number of nitrogens with zero attached hydrogens (tertiary/aromatic N) is 2. The van der Waals surface area contributed by atoms with Gasteiger partial charge in [-0.2, -0.15) is 0 Å². The van der Waals surface area contributed by atoms with Crippen molar-refractivity contribution in [1.29, 1.82) is 0 Å². The average Bonchev–Trinajstić information content (AvgIpc) is 1.65. The zero-order valence-corrected chi connectivity index (χ0v) is 8.14. The Kier molecular flexibility index (Phi) is 131. The van der Waals surface area contributed by atoms with Crippen LogP contribution in [-0.2, 0) is 36.3 Å². The van der Waals surface area contributed by atoms with E-state index in [1.807, 2.05) is 0 Å². The first kappa shape index (κ1) is 30.7. The molecule has 2 radical (unpaired) electrons. The number of rotatable bonds is 0. The molecule has 0 aliphatic rings. The Morgan fingerprint density at radius 3 is 1.17 bits per heavy atom. The molecule has 12 heavy (non-hydrogen) atoms. The van der Waals surface area contributed by atoms with Gasteiger partial charge in [0, 0.05) is 27.0 Å². The maximum Gasteiger partial charge on any atom is 0.204 e. The molecule has 0 aliphatic carbocycles. The fourth-order valence-corrected chi connectivity index (χ4v) is 0. The van der Waals surface area contributed by atoms with Crippen LogP contribution in [0.4, 0.5) is 0 Å². The maximum absolute atomic E-state index is 8.89. The zero-order valence-electron chi connectivity index (χ0n) is 5.87. The van der Waals surface area contributed by atoms with Crippen LogP contribution in [0, 0.1) is 9.81 Å². The third kappa shape index (κ3) is 478. The molecule has 0 atom stereocenters. The summed E-state index contributed by atoms with van der Waals surface area (Å²) in [5, 5.41) is 26.9. The Hall–Kier alpha value is -1.08.